The van der Waals surface area contributed by atoms with E-state index in [0.717, 1.165) is 11.8 Å². The molecule has 3 atom stereocenters. The minimum atomic E-state index is 0.383. The molecule has 1 nitrogen and oxygen atoms in total. The molecule has 0 aromatic heterocycles. The molecule has 13 heavy (non-hydrogen) atoms. The molecule has 0 aromatic carbocycles. The van der Waals surface area contributed by atoms with Crippen LogP contribution in [0.15, 0.2) is 0 Å². The highest BCUT2D eigenvalue weighted by Crippen LogP contribution is 2.42. The van der Waals surface area contributed by atoms with E-state index in [9.17, 15) is 5.11 Å². The van der Waals surface area contributed by atoms with Gasteiger partial charge in [0.2, 0.25) is 0 Å². The van der Waals surface area contributed by atoms with Gasteiger partial charge in [-0.3, -0.25) is 0 Å². The van der Waals surface area contributed by atoms with E-state index in [1.54, 1.807) is 0 Å². The third-order valence-corrected chi connectivity index (χ3v) is 3.82. The van der Waals surface area contributed by atoms with Gasteiger partial charge in [-0.05, 0) is 36.0 Å². The van der Waals surface area contributed by atoms with E-state index >= 15 is 0 Å². The number of rotatable bonds is 1. The van der Waals surface area contributed by atoms with Crippen molar-refractivity contribution >= 4 is 0 Å². The van der Waals surface area contributed by atoms with Crippen LogP contribution in [0.5, 0.6) is 0 Å². The summed E-state index contributed by atoms with van der Waals surface area (Å²) >= 11 is 0. The van der Waals surface area contributed by atoms with Crippen LogP contribution in [0.3, 0.4) is 0 Å². The van der Waals surface area contributed by atoms with Crippen LogP contribution in [0.25, 0.3) is 0 Å². The number of hydrogen-bond acceptors (Lipinski definition) is 1. The number of hydrogen-bond donors (Lipinski definition) is 1. The summed E-state index contributed by atoms with van der Waals surface area (Å²) in [4.78, 5) is 0. The molecular weight excluding hydrogens is 160 g/mol. The molecule has 0 amide bonds. The van der Waals surface area contributed by atoms with Crippen LogP contribution in [0.2, 0.25) is 0 Å². The fourth-order valence-electron chi connectivity index (χ4n) is 2.46. The highest BCUT2D eigenvalue weighted by molar-refractivity contribution is 4.83. The average Bonchev–Trinajstić information content (AvgIpc) is 2.03. The Kier molecular flexibility index (Phi) is 3.39. The van der Waals surface area contributed by atoms with Crippen molar-refractivity contribution in [1.29, 1.82) is 0 Å². The summed E-state index contributed by atoms with van der Waals surface area (Å²) in [5.74, 6) is 2.09. The lowest BCUT2D eigenvalue weighted by Gasteiger charge is -2.40. The number of aliphatic hydroxyl groups excluding tert-OH is 1. The van der Waals surface area contributed by atoms with Gasteiger partial charge in [0, 0.05) is 6.61 Å². The van der Waals surface area contributed by atoms with Crippen molar-refractivity contribution in [3.05, 3.63) is 0 Å². The average molecular weight is 184 g/mol. The van der Waals surface area contributed by atoms with Gasteiger partial charge in [0.1, 0.15) is 0 Å². The van der Waals surface area contributed by atoms with Crippen molar-refractivity contribution in [3.63, 3.8) is 0 Å². The summed E-state index contributed by atoms with van der Waals surface area (Å²) in [5.41, 5.74) is 0.424. The van der Waals surface area contributed by atoms with Crippen LogP contribution >= 0.6 is 0 Å². The van der Waals surface area contributed by atoms with E-state index < -0.39 is 0 Å². The fraction of sp³-hybridized carbons (Fsp3) is 1.00. The van der Waals surface area contributed by atoms with Crippen molar-refractivity contribution < 1.29 is 5.11 Å². The molecule has 0 heterocycles. The van der Waals surface area contributed by atoms with E-state index in [2.05, 4.69) is 27.7 Å². The zero-order valence-electron chi connectivity index (χ0n) is 9.51. The largest absolute Gasteiger partial charge is 0.396 e. The topological polar surface area (TPSA) is 20.2 Å². The summed E-state index contributed by atoms with van der Waals surface area (Å²) in [6.07, 6.45) is 3.87. The maximum Gasteiger partial charge on any atom is 0.0461 e. The second-order valence-electron chi connectivity index (χ2n) is 5.80. The molecule has 1 rings (SSSR count). The normalized spacial score (nSPS) is 36.2. The molecule has 3 unspecified atom stereocenters. The lowest BCUT2D eigenvalue weighted by Crippen LogP contribution is -2.32. The van der Waals surface area contributed by atoms with Crippen LogP contribution in [0.4, 0.5) is 0 Å². The zero-order chi connectivity index (χ0) is 10.1. The van der Waals surface area contributed by atoms with Crippen LogP contribution in [0, 0.1) is 23.2 Å². The molecule has 0 radical (unpaired) electrons. The Balaban J connectivity index is 2.55. The Bertz CT molecular complexity index is 157. The molecule has 1 saturated carbocycles. The molecule has 78 valence electrons. The predicted octanol–water partition coefficient (Wildman–Crippen LogP) is 3.08. The Morgan fingerprint density at radius 3 is 2.31 bits per heavy atom. The van der Waals surface area contributed by atoms with Gasteiger partial charge < -0.3 is 5.11 Å². The van der Waals surface area contributed by atoms with Gasteiger partial charge in [-0.15, -0.1) is 0 Å². The fourth-order valence-corrected chi connectivity index (χ4v) is 2.46. The van der Waals surface area contributed by atoms with Crippen molar-refractivity contribution in [2.75, 3.05) is 6.61 Å². The maximum absolute atomic E-state index is 9.24. The van der Waals surface area contributed by atoms with E-state index in [1.165, 1.54) is 19.3 Å². The number of aliphatic hydroxyl groups is 1. The lowest BCUT2D eigenvalue weighted by atomic mass is 9.66. The molecule has 1 heteroatoms. The predicted molar refractivity (Wildman–Crippen MR) is 56.5 cm³/mol. The van der Waals surface area contributed by atoms with Crippen LogP contribution < -0.4 is 0 Å². The lowest BCUT2D eigenvalue weighted by molar-refractivity contribution is 0.0673. The quantitative estimate of drug-likeness (QED) is 0.664. The second-order valence-corrected chi connectivity index (χ2v) is 5.80. The first kappa shape index (κ1) is 11.0. The summed E-state index contributed by atoms with van der Waals surface area (Å²) in [5, 5.41) is 9.24. The monoisotopic (exact) mass is 184 g/mol. The molecule has 1 aliphatic rings. The van der Waals surface area contributed by atoms with Crippen LogP contribution in [-0.4, -0.2) is 11.7 Å². The molecule has 0 saturated heterocycles. The first-order chi connectivity index (χ1) is 5.95. The van der Waals surface area contributed by atoms with Gasteiger partial charge in [-0.25, -0.2) is 0 Å². The standard InChI is InChI=1S/C12H24O/c1-9-5-6-11(12(2,3)4)7-10(9)8-13/h9-11,13H,5-8H2,1-4H3. The summed E-state index contributed by atoms with van der Waals surface area (Å²) in [7, 11) is 0. The van der Waals surface area contributed by atoms with E-state index in [1.807, 2.05) is 0 Å². The smallest absolute Gasteiger partial charge is 0.0461 e. The maximum atomic E-state index is 9.24. The molecule has 0 bridgehead atoms. The Labute approximate surface area is 82.5 Å². The molecular formula is C12H24O. The summed E-state index contributed by atoms with van der Waals surface area (Å²) < 4.78 is 0. The van der Waals surface area contributed by atoms with Gasteiger partial charge >= 0.3 is 0 Å². The van der Waals surface area contributed by atoms with Crippen molar-refractivity contribution in [1.82, 2.24) is 0 Å². The Morgan fingerprint density at radius 1 is 1.23 bits per heavy atom. The minimum absolute atomic E-state index is 0.383. The first-order valence-electron chi connectivity index (χ1n) is 5.56. The third-order valence-electron chi connectivity index (χ3n) is 3.82. The van der Waals surface area contributed by atoms with E-state index in [0.29, 0.717) is 17.9 Å². The van der Waals surface area contributed by atoms with Crippen molar-refractivity contribution in [3.8, 4) is 0 Å². The van der Waals surface area contributed by atoms with Gasteiger partial charge in [0.05, 0.1) is 0 Å². The minimum Gasteiger partial charge on any atom is -0.396 e. The Hall–Kier alpha value is -0.0400. The molecule has 1 N–H and O–H groups in total. The van der Waals surface area contributed by atoms with Crippen molar-refractivity contribution in [2.45, 2.75) is 47.0 Å². The molecule has 1 fully saturated rings. The van der Waals surface area contributed by atoms with Gasteiger partial charge in [0.25, 0.3) is 0 Å². The van der Waals surface area contributed by atoms with Gasteiger partial charge in [-0.1, -0.05) is 34.1 Å². The van der Waals surface area contributed by atoms with E-state index in [-0.39, 0.29) is 0 Å². The highest BCUT2D eigenvalue weighted by Gasteiger charge is 2.33. The van der Waals surface area contributed by atoms with Crippen LogP contribution in [-0.2, 0) is 0 Å². The SMILES string of the molecule is CC1CCC(C(C)(C)C)CC1CO. The molecule has 0 spiro atoms. The summed E-state index contributed by atoms with van der Waals surface area (Å²) in [6.45, 7) is 9.62. The highest BCUT2D eigenvalue weighted by atomic mass is 16.3. The second kappa shape index (κ2) is 4.00. The van der Waals surface area contributed by atoms with Gasteiger partial charge in [-0.2, -0.15) is 0 Å². The van der Waals surface area contributed by atoms with Crippen molar-refractivity contribution in [2.24, 2.45) is 23.2 Å². The van der Waals surface area contributed by atoms with Crippen LogP contribution in [0.1, 0.15) is 47.0 Å². The van der Waals surface area contributed by atoms with Gasteiger partial charge in [0.15, 0.2) is 0 Å². The molecule has 0 aromatic rings. The molecule has 0 aliphatic heterocycles. The van der Waals surface area contributed by atoms with E-state index in [4.69, 9.17) is 0 Å². The first-order valence-corrected chi connectivity index (χ1v) is 5.56. The third kappa shape index (κ3) is 2.70. The molecule has 1 aliphatic carbocycles. The Morgan fingerprint density at radius 2 is 1.85 bits per heavy atom. The zero-order valence-corrected chi connectivity index (χ0v) is 9.51. The summed E-state index contributed by atoms with van der Waals surface area (Å²) in [6, 6.07) is 0.